The minimum atomic E-state index is -5.01. The molecule has 8 heteroatoms. The van der Waals surface area contributed by atoms with Crippen molar-refractivity contribution in [2.75, 3.05) is 7.11 Å². The Morgan fingerprint density at radius 3 is 2.65 bits per heavy atom. The Bertz CT molecular complexity index is 502. The van der Waals surface area contributed by atoms with Gasteiger partial charge >= 0.3 is 6.36 Å². The normalized spacial score (nSPS) is 10.8. The van der Waals surface area contributed by atoms with Gasteiger partial charge in [-0.15, -0.1) is 13.2 Å². The molecule has 0 spiro atoms. The fraction of sp³-hybridized carbons (Fsp3) is 0.333. The third-order valence-electron chi connectivity index (χ3n) is 1.78. The zero-order valence-corrected chi connectivity index (χ0v) is 8.59. The van der Waals surface area contributed by atoms with E-state index in [0.29, 0.717) is 0 Å². The Morgan fingerprint density at radius 2 is 2.18 bits per heavy atom. The first-order valence-corrected chi connectivity index (χ1v) is 4.30. The Morgan fingerprint density at radius 1 is 1.53 bits per heavy atom. The SMILES string of the molecule is COc1c[nH]c(CC#N)c(OC(F)(F)F)c1=O. The maximum Gasteiger partial charge on any atom is 0.573 e. The lowest BCUT2D eigenvalue weighted by atomic mass is 10.2. The largest absolute Gasteiger partial charge is 0.573 e. The summed E-state index contributed by atoms with van der Waals surface area (Å²) in [6, 6.07) is 1.62. The first kappa shape index (κ1) is 12.9. The number of halogens is 3. The number of pyridine rings is 1. The fourth-order valence-corrected chi connectivity index (χ4v) is 1.12. The van der Waals surface area contributed by atoms with Gasteiger partial charge < -0.3 is 14.5 Å². The van der Waals surface area contributed by atoms with Crippen LogP contribution in [0.25, 0.3) is 0 Å². The van der Waals surface area contributed by atoms with Crippen molar-refractivity contribution < 1.29 is 22.6 Å². The molecule has 17 heavy (non-hydrogen) atoms. The van der Waals surface area contributed by atoms with Crippen molar-refractivity contribution in [1.82, 2.24) is 4.98 Å². The van der Waals surface area contributed by atoms with Gasteiger partial charge in [0.1, 0.15) is 0 Å². The molecule has 0 aliphatic rings. The molecule has 0 saturated heterocycles. The number of aromatic amines is 1. The van der Waals surface area contributed by atoms with E-state index in [-0.39, 0.29) is 11.4 Å². The second kappa shape index (κ2) is 4.78. The summed E-state index contributed by atoms with van der Waals surface area (Å²) in [4.78, 5) is 13.8. The molecule has 0 radical (unpaired) electrons. The van der Waals surface area contributed by atoms with E-state index in [9.17, 15) is 18.0 Å². The highest BCUT2D eigenvalue weighted by molar-refractivity contribution is 5.36. The molecule has 92 valence electrons. The van der Waals surface area contributed by atoms with Crippen LogP contribution in [0.3, 0.4) is 0 Å². The molecule has 0 saturated carbocycles. The highest BCUT2D eigenvalue weighted by Gasteiger charge is 2.34. The smallest absolute Gasteiger partial charge is 0.491 e. The van der Waals surface area contributed by atoms with Crippen LogP contribution in [-0.4, -0.2) is 18.5 Å². The number of nitrogens with zero attached hydrogens (tertiary/aromatic N) is 1. The van der Waals surface area contributed by atoms with Crippen molar-refractivity contribution in [3.8, 4) is 17.6 Å². The minimum Gasteiger partial charge on any atom is -0.491 e. The number of rotatable bonds is 3. The number of ether oxygens (including phenoxy) is 2. The van der Waals surface area contributed by atoms with E-state index in [1.54, 1.807) is 6.07 Å². The van der Waals surface area contributed by atoms with Gasteiger partial charge in [-0.1, -0.05) is 0 Å². The van der Waals surface area contributed by atoms with Gasteiger partial charge in [-0.25, -0.2) is 0 Å². The molecule has 0 unspecified atom stereocenters. The minimum absolute atomic E-state index is 0.254. The maximum absolute atomic E-state index is 12.1. The summed E-state index contributed by atoms with van der Waals surface area (Å²) in [5.74, 6) is -1.30. The Balaban J connectivity index is 3.31. The van der Waals surface area contributed by atoms with E-state index in [2.05, 4.69) is 14.5 Å². The van der Waals surface area contributed by atoms with Crippen LogP contribution in [0.2, 0.25) is 0 Å². The van der Waals surface area contributed by atoms with Crippen LogP contribution < -0.4 is 14.9 Å². The van der Waals surface area contributed by atoms with Gasteiger partial charge in [0.15, 0.2) is 5.75 Å². The number of aromatic nitrogens is 1. The molecule has 5 nitrogen and oxygen atoms in total. The number of methoxy groups -OCH3 is 1. The van der Waals surface area contributed by atoms with E-state index in [1.807, 2.05) is 0 Å². The van der Waals surface area contributed by atoms with Crippen LogP contribution >= 0.6 is 0 Å². The number of nitrogens with one attached hydrogen (secondary N) is 1. The van der Waals surface area contributed by atoms with Gasteiger partial charge in [0, 0.05) is 6.20 Å². The molecule has 0 fully saturated rings. The molecule has 1 aromatic rings. The predicted molar refractivity (Wildman–Crippen MR) is 49.6 cm³/mol. The highest BCUT2D eigenvalue weighted by Crippen LogP contribution is 2.24. The zero-order valence-electron chi connectivity index (χ0n) is 8.59. The van der Waals surface area contributed by atoms with Gasteiger partial charge in [0.05, 0.1) is 25.3 Å². The number of alkyl halides is 3. The van der Waals surface area contributed by atoms with Crippen molar-refractivity contribution in [1.29, 1.82) is 5.26 Å². The monoisotopic (exact) mass is 248 g/mol. The first-order chi connectivity index (χ1) is 7.89. The molecular formula is C9H7F3N2O3. The molecule has 1 N–H and O–H groups in total. The molecule has 0 atom stereocenters. The second-order valence-electron chi connectivity index (χ2n) is 2.88. The van der Waals surface area contributed by atoms with Crippen LogP contribution in [0.15, 0.2) is 11.0 Å². The summed E-state index contributed by atoms with van der Waals surface area (Å²) in [7, 11) is 1.13. The molecule has 1 aromatic heterocycles. The van der Waals surface area contributed by atoms with Gasteiger partial charge in [0.2, 0.25) is 5.75 Å². The van der Waals surface area contributed by atoms with Gasteiger partial charge in [-0.05, 0) is 0 Å². The van der Waals surface area contributed by atoms with Gasteiger partial charge in [-0.3, -0.25) is 4.79 Å². The quantitative estimate of drug-likeness (QED) is 0.875. The molecule has 0 aliphatic carbocycles. The van der Waals surface area contributed by atoms with Crippen LogP contribution in [0.4, 0.5) is 13.2 Å². The molecule has 0 aliphatic heterocycles. The molecule has 0 amide bonds. The average Bonchev–Trinajstić information content (AvgIpc) is 2.22. The average molecular weight is 248 g/mol. The number of H-pyrrole nitrogens is 1. The lowest BCUT2D eigenvalue weighted by molar-refractivity contribution is -0.275. The van der Waals surface area contributed by atoms with Crippen LogP contribution in [0.1, 0.15) is 5.69 Å². The standard InChI is InChI=1S/C9H7F3N2O3/c1-16-6-4-14-5(2-3-13)8(7(6)15)17-9(10,11)12/h4H,2H2,1H3,(H,14,15). The zero-order chi connectivity index (χ0) is 13.1. The van der Waals surface area contributed by atoms with E-state index >= 15 is 0 Å². The summed E-state index contributed by atoms with van der Waals surface area (Å²) in [5, 5.41) is 8.42. The second-order valence-corrected chi connectivity index (χ2v) is 2.88. The van der Waals surface area contributed by atoms with Crippen molar-refractivity contribution >= 4 is 0 Å². The molecule has 0 bridgehead atoms. The summed E-state index contributed by atoms with van der Waals surface area (Å²) >= 11 is 0. The Labute approximate surface area is 93.4 Å². The Kier molecular flexibility index (Phi) is 3.62. The van der Waals surface area contributed by atoms with Crippen molar-refractivity contribution in [3.05, 3.63) is 22.1 Å². The molecule has 1 heterocycles. The molecule has 0 aromatic carbocycles. The summed E-state index contributed by atoms with van der Waals surface area (Å²) < 4.78 is 44.4. The number of hydrogen-bond donors (Lipinski definition) is 1. The van der Waals surface area contributed by atoms with Gasteiger partial charge in [0.25, 0.3) is 5.43 Å². The molecule has 1 rings (SSSR count). The lowest BCUT2D eigenvalue weighted by Crippen LogP contribution is -2.24. The molecular weight excluding hydrogens is 241 g/mol. The van der Waals surface area contributed by atoms with Gasteiger partial charge in [-0.2, -0.15) is 5.26 Å². The fourth-order valence-electron chi connectivity index (χ4n) is 1.12. The van der Waals surface area contributed by atoms with E-state index in [0.717, 1.165) is 13.3 Å². The van der Waals surface area contributed by atoms with E-state index in [1.165, 1.54) is 0 Å². The predicted octanol–water partition coefficient (Wildman–Crippen LogP) is 1.35. The maximum atomic E-state index is 12.1. The number of hydrogen-bond acceptors (Lipinski definition) is 4. The number of nitriles is 1. The lowest BCUT2D eigenvalue weighted by Gasteiger charge is -2.11. The summed E-state index contributed by atoms with van der Waals surface area (Å²) in [6.07, 6.45) is -4.35. The highest BCUT2D eigenvalue weighted by atomic mass is 19.4. The van der Waals surface area contributed by atoms with Crippen molar-refractivity contribution in [2.24, 2.45) is 0 Å². The first-order valence-electron chi connectivity index (χ1n) is 4.30. The van der Waals surface area contributed by atoms with Crippen molar-refractivity contribution in [3.63, 3.8) is 0 Å². The van der Waals surface area contributed by atoms with E-state index in [4.69, 9.17) is 5.26 Å². The third kappa shape index (κ3) is 3.14. The van der Waals surface area contributed by atoms with Crippen LogP contribution in [0.5, 0.6) is 11.5 Å². The Hall–Kier alpha value is -2.17. The topological polar surface area (TPSA) is 75.1 Å². The van der Waals surface area contributed by atoms with Crippen LogP contribution in [-0.2, 0) is 6.42 Å². The van der Waals surface area contributed by atoms with E-state index < -0.39 is 24.0 Å². The third-order valence-corrected chi connectivity index (χ3v) is 1.78. The van der Waals surface area contributed by atoms with Crippen molar-refractivity contribution in [2.45, 2.75) is 12.8 Å². The van der Waals surface area contributed by atoms with Crippen LogP contribution in [0, 0.1) is 11.3 Å². The summed E-state index contributed by atoms with van der Waals surface area (Å²) in [6.45, 7) is 0. The summed E-state index contributed by atoms with van der Waals surface area (Å²) in [5.41, 5.74) is -1.32.